The first-order chi connectivity index (χ1) is 8.51. The lowest BCUT2D eigenvalue weighted by Gasteiger charge is -2.27. The highest BCUT2D eigenvalue weighted by atomic mass is 32.1. The first-order valence-electron chi connectivity index (χ1n) is 6.00. The average molecular weight is 268 g/mol. The highest BCUT2D eigenvalue weighted by molar-refractivity contribution is 7.10. The summed E-state index contributed by atoms with van der Waals surface area (Å²) in [6, 6.07) is 1.57. The van der Waals surface area contributed by atoms with E-state index in [4.69, 9.17) is 0 Å². The van der Waals surface area contributed by atoms with Crippen molar-refractivity contribution in [2.24, 2.45) is 0 Å². The summed E-state index contributed by atoms with van der Waals surface area (Å²) in [7, 11) is 1.75. The molecule has 0 aliphatic rings. The van der Waals surface area contributed by atoms with Gasteiger partial charge >= 0.3 is 0 Å². The van der Waals surface area contributed by atoms with E-state index >= 15 is 0 Å². The molecule has 1 atom stereocenters. The number of hydrogen-bond donors (Lipinski definition) is 0. The lowest BCUT2D eigenvalue weighted by molar-refractivity contribution is -0.139. The monoisotopic (exact) mass is 268 g/mol. The maximum atomic E-state index is 12.0. The Kier molecular flexibility index (Phi) is 5.34. The van der Waals surface area contributed by atoms with E-state index in [-0.39, 0.29) is 5.91 Å². The molecule has 1 aromatic heterocycles. The molecule has 0 spiro atoms. The number of amides is 2. The van der Waals surface area contributed by atoms with E-state index in [1.165, 1.54) is 4.88 Å². The molecule has 1 heterocycles. The molecule has 0 aromatic carbocycles. The normalized spacial score (nSPS) is 12.0. The van der Waals surface area contributed by atoms with Gasteiger partial charge in [0.1, 0.15) is 6.04 Å². The Morgan fingerprint density at radius 2 is 2.22 bits per heavy atom. The van der Waals surface area contributed by atoms with Crippen LogP contribution in [0.5, 0.6) is 0 Å². The van der Waals surface area contributed by atoms with Gasteiger partial charge in [0.25, 0.3) is 0 Å². The van der Waals surface area contributed by atoms with Gasteiger partial charge in [-0.05, 0) is 37.8 Å². The van der Waals surface area contributed by atoms with Gasteiger partial charge in [-0.1, -0.05) is 0 Å². The SMILES string of the molecule is CCN(C)C(=O)C(C)N(C=O)Cc1ccsc1C. The predicted molar refractivity (Wildman–Crippen MR) is 73.4 cm³/mol. The van der Waals surface area contributed by atoms with Crippen LogP contribution in [0.25, 0.3) is 0 Å². The van der Waals surface area contributed by atoms with Gasteiger partial charge in [-0.2, -0.15) is 0 Å². The molecule has 0 aliphatic heterocycles. The Labute approximate surface area is 112 Å². The lowest BCUT2D eigenvalue weighted by atomic mass is 10.2. The smallest absolute Gasteiger partial charge is 0.244 e. The summed E-state index contributed by atoms with van der Waals surface area (Å²) < 4.78 is 0. The largest absolute Gasteiger partial charge is 0.344 e. The standard InChI is InChI=1S/C13H20N2O2S/c1-5-14(4)13(17)10(2)15(9-16)8-12-6-7-18-11(12)3/h6-7,9-10H,5,8H2,1-4H3. The predicted octanol–water partition coefficient (Wildman–Crippen LogP) is 1.88. The Morgan fingerprint density at radius 3 is 2.67 bits per heavy atom. The molecule has 0 N–H and O–H groups in total. The summed E-state index contributed by atoms with van der Waals surface area (Å²) in [5.41, 5.74) is 1.10. The van der Waals surface area contributed by atoms with Gasteiger partial charge < -0.3 is 9.80 Å². The van der Waals surface area contributed by atoms with Crippen molar-refractivity contribution in [3.8, 4) is 0 Å². The van der Waals surface area contributed by atoms with Gasteiger partial charge in [-0.15, -0.1) is 11.3 Å². The van der Waals surface area contributed by atoms with E-state index in [0.29, 0.717) is 13.1 Å². The third kappa shape index (κ3) is 3.32. The lowest BCUT2D eigenvalue weighted by Crippen LogP contribution is -2.44. The number of carbonyl (C=O) groups is 2. The van der Waals surface area contributed by atoms with Crippen LogP contribution in [-0.2, 0) is 16.1 Å². The van der Waals surface area contributed by atoms with Crippen LogP contribution in [0.2, 0.25) is 0 Å². The third-order valence-corrected chi connectivity index (χ3v) is 4.05. The second kappa shape index (κ2) is 6.54. The van der Waals surface area contributed by atoms with Crippen molar-refractivity contribution >= 4 is 23.7 Å². The molecule has 0 aliphatic carbocycles. The zero-order valence-electron chi connectivity index (χ0n) is 11.3. The van der Waals surface area contributed by atoms with Gasteiger partial charge in [0.2, 0.25) is 12.3 Å². The topological polar surface area (TPSA) is 40.6 Å². The Bertz CT molecular complexity index is 417. The van der Waals surface area contributed by atoms with Crippen molar-refractivity contribution in [3.05, 3.63) is 21.9 Å². The van der Waals surface area contributed by atoms with Gasteiger partial charge in [-0.25, -0.2) is 0 Å². The van der Waals surface area contributed by atoms with Gasteiger partial charge in [0.05, 0.1) is 0 Å². The highest BCUT2D eigenvalue weighted by Gasteiger charge is 2.23. The number of aryl methyl sites for hydroxylation is 1. The van der Waals surface area contributed by atoms with E-state index in [0.717, 1.165) is 12.0 Å². The number of hydrogen-bond acceptors (Lipinski definition) is 3. The van der Waals surface area contributed by atoms with Crippen molar-refractivity contribution in [2.45, 2.75) is 33.4 Å². The van der Waals surface area contributed by atoms with Crippen molar-refractivity contribution in [1.82, 2.24) is 9.80 Å². The van der Waals surface area contributed by atoms with Crippen molar-refractivity contribution in [2.75, 3.05) is 13.6 Å². The zero-order chi connectivity index (χ0) is 13.7. The van der Waals surface area contributed by atoms with Gasteiger partial charge in [-0.3, -0.25) is 9.59 Å². The molecule has 100 valence electrons. The molecule has 1 aromatic rings. The maximum Gasteiger partial charge on any atom is 0.244 e. The molecule has 5 heteroatoms. The first kappa shape index (κ1) is 14.7. The minimum absolute atomic E-state index is 0.0301. The summed E-state index contributed by atoms with van der Waals surface area (Å²) in [5.74, 6) is -0.0301. The fourth-order valence-electron chi connectivity index (χ4n) is 1.65. The fraction of sp³-hybridized carbons (Fsp3) is 0.538. The summed E-state index contributed by atoms with van der Waals surface area (Å²) in [6.07, 6.45) is 0.753. The maximum absolute atomic E-state index is 12.0. The van der Waals surface area contributed by atoms with Crippen LogP contribution >= 0.6 is 11.3 Å². The minimum Gasteiger partial charge on any atom is -0.344 e. The Balaban J connectivity index is 2.75. The van der Waals surface area contributed by atoms with E-state index < -0.39 is 6.04 Å². The second-order valence-corrected chi connectivity index (χ2v) is 5.43. The summed E-state index contributed by atoms with van der Waals surface area (Å²) in [4.78, 5) is 27.5. The van der Waals surface area contributed by atoms with E-state index in [9.17, 15) is 9.59 Å². The quantitative estimate of drug-likeness (QED) is 0.739. The van der Waals surface area contributed by atoms with Crippen molar-refractivity contribution in [3.63, 3.8) is 0 Å². The molecule has 4 nitrogen and oxygen atoms in total. The molecule has 0 saturated carbocycles. The highest BCUT2D eigenvalue weighted by Crippen LogP contribution is 2.17. The van der Waals surface area contributed by atoms with Crippen LogP contribution in [0.1, 0.15) is 24.3 Å². The van der Waals surface area contributed by atoms with Crippen LogP contribution in [0.15, 0.2) is 11.4 Å². The molecule has 1 rings (SSSR count). The molecule has 0 fully saturated rings. The van der Waals surface area contributed by atoms with Crippen LogP contribution in [0.4, 0.5) is 0 Å². The molecule has 18 heavy (non-hydrogen) atoms. The van der Waals surface area contributed by atoms with Crippen LogP contribution in [0.3, 0.4) is 0 Å². The van der Waals surface area contributed by atoms with Crippen LogP contribution in [0, 0.1) is 6.92 Å². The molecule has 0 saturated heterocycles. The molecule has 1 unspecified atom stereocenters. The molecular weight excluding hydrogens is 248 g/mol. The summed E-state index contributed by atoms with van der Waals surface area (Å²) >= 11 is 1.65. The molecule has 2 amide bonds. The van der Waals surface area contributed by atoms with E-state index in [1.54, 1.807) is 35.1 Å². The molecule has 0 bridgehead atoms. The minimum atomic E-state index is -0.424. The number of rotatable bonds is 6. The third-order valence-electron chi connectivity index (χ3n) is 3.16. The molecule has 0 radical (unpaired) electrons. The van der Waals surface area contributed by atoms with Crippen molar-refractivity contribution < 1.29 is 9.59 Å². The van der Waals surface area contributed by atoms with Crippen LogP contribution < -0.4 is 0 Å². The van der Waals surface area contributed by atoms with Gasteiger partial charge in [0, 0.05) is 25.0 Å². The zero-order valence-corrected chi connectivity index (χ0v) is 12.2. The van der Waals surface area contributed by atoms with Crippen LogP contribution in [-0.4, -0.2) is 41.8 Å². The average Bonchev–Trinajstić information content (AvgIpc) is 2.78. The summed E-state index contributed by atoms with van der Waals surface area (Å²) in [6.45, 7) is 6.84. The fourth-order valence-corrected chi connectivity index (χ4v) is 2.37. The first-order valence-corrected chi connectivity index (χ1v) is 6.88. The summed E-state index contributed by atoms with van der Waals surface area (Å²) in [5, 5.41) is 2.00. The van der Waals surface area contributed by atoms with Gasteiger partial charge in [0.15, 0.2) is 0 Å². The number of likely N-dealkylation sites (N-methyl/N-ethyl adjacent to an activating group) is 1. The van der Waals surface area contributed by atoms with Crippen molar-refractivity contribution in [1.29, 1.82) is 0 Å². The number of nitrogens with zero attached hydrogens (tertiary/aromatic N) is 2. The molecular formula is C13H20N2O2S. The number of thiophene rings is 1. The van der Waals surface area contributed by atoms with E-state index in [2.05, 4.69) is 0 Å². The Hall–Kier alpha value is -1.36. The second-order valence-electron chi connectivity index (χ2n) is 4.31. The van der Waals surface area contributed by atoms with E-state index in [1.807, 2.05) is 25.3 Å². The number of carbonyl (C=O) groups excluding carboxylic acids is 2. The Morgan fingerprint density at radius 1 is 1.56 bits per heavy atom.